The molecule has 2 aromatic carbocycles. The van der Waals surface area contributed by atoms with Crippen LogP contribution in [0.5, 0.6) is 5.75 Å². The van der Waals surface area contributed by atoms with Gasteiger partial charge in [-0.2, -0.15) is 0 Å². The zero-order valence-electron chi connectivity index (χ0n) is 23.3. The lowest BCUT2D eigenvalue weighted by atomic mass is 9.83. The number of rotatable bonds is 12. The van der Waals surface area contributed by atoms with Gasteiger partial charge in [0.15, 0.2) is 0 Å². The van der Waals surface area contributed by atoms with E-state index in [1.54, 1.807) is 9.80 Å². The number of nitrogens with two attached hydrogens (primary N) is 1. The molecule has 0 aromatic heterocycles. The predicted octanol–water partition coefficient (Wildman–Crippen LogP) is 2.72. The van der Waals surface area contributed by atoms with Gasteiger partial charge >= 0.3 is 5.97 Å². The Bertz CT molecular complexity index is 1250. The first-order valence-corrected chi connectivity index (χ1v) is 14.5. The molecule has 3 heterocycles. The normalized spacial score (nSPS) is 21.8. The Morgan fingerprint density at radius 2 is 1.98 bits per heavy atom. The molecule has 2 aromatic rings. The lowest BCUT2D eigenvalue weighted by molar-refractivity contribution is -0.143. The summed E-state index contributed by atoms with van der Waals surface area (Å²) in [6.07, 6.45) is 3.14. The maximum atomic E-state index is 13.5. The van der Waals surface area contributed by atoms with Gasteiger partial charge in [-0.1, -0.05) is 43.7 Å². The fourth-order valence-electron chi connectivity index (χ4n) is 6.55. The molecule has 3 aliphatic rings. The summed E-state index contributed by atoms with van der Waals surface area (Å²) in [5, 5.41) is 10.5. The summed E-state index contributed by atoms with van der Waals surface area (Å²) >= 11 is 0. The molecule has 40 heavy (non-hydrogen) atoms. The molecule has 0 aliphatic carbocycles. The van der Waals surface area contributed by atoms with Crippen molar-refractivity contribution in [1.29, 1.82) is 0 Å². The van der Waals surface area contributed by atoms with Crippen molar-refractivity contribution in [2.45, 2.75) is 51.1 Å². The number of ether oxygens (including phenoxy) is 1. The van der Waals surface area contributed by atoms with Gasteiger partial charge in [0.25, 0.3) is 5.91 Å². The van der Waals surface area contributed by atoms with Crippen LogP contribution < -0.4 is 10.5 Å². The Balaban J connectivity index is 1.39. The number of nitrogens with zero attached hydrogens (tertiary/aromatic N) is 3. The topological polar surface area (TPSA) is 116 Å². The molecule has 214 valence electrons. The quantitative estimate of drug-likeness (QED) is 0.419. The smallest absolute Gasteiger partial charge is 0.308 e. The monoisotopic (exact) mass is 548 g/mol. The summed E-state index contributed by atoms with van der Waals surface area (Å²) in [6.45, 7) is 5.78. The minimum Gasteiger partial charge on any atom is -0.493 e. The van der Waals surface area contributed by atoms with Gasteiger partial charge in [0, 0.05) is 63.2 Å². The first kappa shape index (κ1) is 28.1. The fraction of sp³-hybridized carbons (Fsp3) is 0.516. The first-order valence-electron chi connectivity index (χ1n) is 14.5. The summed E-state index contributed by atoms with van der Waals surface area (Å²) in [5.41, 5.74) is 9.58. The lowest BCUT2D eigenvalue weighted by Gasteiger charge is -2.30. The van der Waals surface area contributed by atoms with Crippen molar-refractivity contribution < 1.29 is 24.2 Å². The number of carbonyl (C=O) groups excluding carboxylic acids is 2. The number of unbranched alkanes of at least 4 members (excludes halogenated alkanes) is 1. The van der Waals surface area contributed by atoms with Crippen LogP contribution in [-0.4, -0.2) is 89.5 Å². The lowest BCUT2D eigenvalue weighted by Crippen LogP contribution is -2.46. The number of aliphatic carboxylic acids is 1. The molecule has 9 heteroatoms. The third-order valence-corrected chi connectivity index (χ3v) is 8.64. The second-order valence-electron chi connectivity index (χ2n) is 11.1. The predicted molar refractivity (Wildman–Crippen MR) is 151 cm³/mol. The van der Waals surface area contributed by atoms with Gasteiger partial charge in [0.1, 0.15) is 5.75 Å². The number of hydrogen-bond acceptors (Lipinski definition) is 6. The van der Waals surface area contributed by atoms with Crippen LogP contribution >= 0.6 is 0 Å². The maximum absolute atomic E-state index is 13.5. The number of carbonyl (C=O) groups is 3. The second-order valence-corrected chi connectivity index (χ2v) is 11.1. The Morgan fingerprint density at radius 1 is 1.15 bits per heavy atom. The van der Waals surface area contributed by atoms with Gasteiger partial charge < -0.3 is 25.4 Å². The highest BCUT2D eigenvalue weighted by Gasteiger charge is 2.47. The zero-order valence-corrected chi connectivity index (χ0v) is 23.3. The third kappa shape index (κ3) is 5.71. The van der Waals surface area contributed by atoms with Crippen LogP contribution in [0.4, 0.5) is 0 Å². The summed E-state index contributed by atoms with van der Waals surface area (Å²) in [7, 11) is 0. The van der Waals surface area contributed by atoms with E-state index in [0.717, 1.165) is 41.7 Å². The Labute approximate surface area is 235 Å². The summed E-state index contributed by atoms with van der Waals surface area (Å²) < 4.78 is 5.67. The molecule has 3 N–H and O–H groups in total. The van der Waals surface area contributed by atoms with Crippen LogP contribution in [0.15, 0.2) is 42.5 Å². The molecule has 2 amide bonds. The number of likely N-dealkylation sites (tertiary alicyclic amines) is 1. The highest BCUT2D eigenvalue weighted by molar-refractivity contribution is 5.98. The number of carboxylic acids is 1. The van der Waals surface area contributed by atoms with E-state index >= 15 is 0 Å². The van der Waals surface area contributed by atoms with Crippen molar-refractivity contribution in [3.05, 3.63) is 64.7 Å². The molecule has 0 unspecified atom stereocenters. The molecular weight excluding hydrogens is 508 g/mol. The molecule has 0 radical (unpaired) electrons. The Kier molecular flexibility index (Phi) is 8.71. The van der Waals surface area contributed by atoms with E-state index in [1.165, 1.54) is 0 Å². The van der Waals surface area contributed by atoms with Crippen molar-refractivity contribution >= 4 is 17.8 Å². The highest BCUT2D eigenvalue weighted by Crippen LogP contribution is 2.41. The molecule has 0 bridgehead atoms. The van der Waals surface area contributed by atoms with Gasteiger partial charge in [-0.05, 0) is 41.7 Å². The minimum atomic E-state index is -0.873. The van der Waals surface area contributed by atoms with E-state index in [4.69, 9.17) is 10.5 Å². The average molecular weight is 549 g/mol. The van der Waals surface area contributed by atoms with Crippen LogP contribution in [0, 0.1) is 5.92 Å². The molecular formula is C31H40N4O5. The van der Waals surface area contributed by atoms with Gasteiger partial charge in [-0.3, -0.25) is 19.3 Å². The van der Waals surface area contributed by atoms with Crippen LogP contribution in [0.25, 0.3) is 0 Å². The second kappa shape index (κ2) is 12.4. The number of amides is 2. The van der Waals surface area contributed by atoms with E-state index in [2.05, 4.69) is 13.0 Å². The summed E-state index contributed by atoms with van der Waals surface area (Å²) in [5.74, 6) is -1.04. The fourth-order valence-corrected chi connectivity index (χ4v) is 6.55. The molecule has 0 saturated carbocycles. The molecule has 5 rings (SSSR count). The molecule has 9 nitrogen and oxygen atoms in total. The van der Waals surface area contributed by atoms with Crippen molar-refractivity contribution in [2.75, 3.05) is 45.9 Å². The average Bonchev–Trinajstić information content (AvgIpc) is 3.65. The molecule has 1 fully saturated rings. The Morgan fingerprint density at radius 3 is 2.73 bits per heavy atom. The van der Waals surface area contributed by atoms with Gasteiger partial charge in [-0.25, -0.2) is 0 Å². The zero-order chi connectivity index (χ0) is 28.2. The molecule has 1 saturated heterocycles. The number of hydrogen-bond donors (Lipinski definition) is 2. The van der Waals surface area contributed by atoms with Crippen molar-refractivity contribution in [3.63, 3.8) is 0 Å². The SMILES string of the molecule is CCCCN(CCN)C(=O)CN1C[C@H](c2ccc3c(c2)CCO3)[C@@H](C(=O)O)[C@@H]1CCN1Cc2ccccc2C1=O. The number of fused-ring (bicyclic) bond motifs is 2. The van der Waals surface area contributed by atoms with Crippen LogP contribution in [-0.2, 0) is 22.6 Å². The van der Waals surface area contributed by atoms with Gasteiger partial charge in [-0.15, -0.1) is 0 Å². The highest BCUT2D eigenvalue weighted by atomic mass is 16.5. The first-order chi connectivity index (χ1) is 19.4. The van der Waals surface area contributed by atoms with Crippen LogP contribution in [0.2, 0.25) is 0 Å². The standard InChI is InChI=1S/C31H40N4O5/c1-2-3-13-33(15-12-32)28(36)20-35-19-25(21-8-9-27-22(17-21)11-16-40-27)29(31(38)39)26(35)10-14-34-18-23-6-4-5-7-24(23)30(34)37/h4-9,17,25-26,29H,2-3,10-16,18-20,32H2,1H3,(H,38,39)/t25-,26+,29-/m1/s1. The number of benzene rings is 2. The summed E-state index contributed by atoms with van der Waals surface area (Å²) in [4.78, 5) is 45.0. The third-order valence-electron chi connectivity index (χ3n) is 8.64. The van der Waals surface area contributed by atoms with Crippen molar-refractivity contribution in [1.82, 2.24) is 14.7 Å². The Hall–Kier alpha value is -3.43. The largest absolute Gasteiger partial charge is 0.493 e. The molecule has 3 aliphatic heterocycles. The van der Waals surface area contributed by atoms with Crippen LogP contribution in [0.3, 0.4) is 0 Å². The van der Waals surface area contributed by atoms with E-state index in [1.807, 2.05) is 41.3 Å². The van der Waals surface area contributed by atoms with Crippen molar-refractivity contribution in [3.8, 4) is 5.75 Å². The van der Waals surface area contributed by atoms with E-state index in [0.29, 0.717) is 57.9 Å². The maximum Gasteiger partial charge on any atom is 0.308 e. The van der Waals surface area contributed by atoms with Gasteiger partial charge in [0.2, 0.25) is 5.91 Å². The van der Waals surface area contributed by atoms with Gasteiger partial charge in [0.05, 0.1) is 19.1 Å². The van der Waals surface area contributed by atoms with E-state index in [9.17, 15) is 19.5 Å². The minimum absolute atomic E-state index is 0.0213. The number of carboxylic acid groups (broad SMARTS) is 1. The van der Waals surface area contributed by atoms with E-state index < -0.39 is 17.9 Å². The molecule has 0 spiro atoms. The molecule has 3 atom stereocenters. The van der Waals surface area contributed by atoms with E-state index in [-0.39, 0.29) is 24.3 Å². The summed E-state index contributed by atoms with van der Waals surface area (Å²) in [6, 6.07) is 13.2. The van der Waals surface area contributed by atoms with Crippen molar-refractivity contribution in [2.24, 2.45) is 11.7 Å². The van der Waals surface area contributed by atoms with Crippen LogP contribution in [0.1, 0.15) is 59.2 Å².